The van der Waals surface area contributed by atoms with Crippen molar-refractivity contribution in [2.75, 3.05) is 16.8 Å². The number of nitrogens with zero attached hydrogens (tertiary/aromatic N) is 1. The van der Waals surface area contributed by atoms with Gasteiger partial charge in [-0.15, -0.1) is 0 Å². The van der Waals surface area contributed by atoms with Crippen molar-refractivity contribution in [2.24, 2.45) is 0 Å². The van der Waals surface area contributed by atoms with Gasteiger partial charge in [0, 0.05) is 23.5 Å². The van der Waals surface area contributed by atoms with Crippen molar-refractivity contribution in [3.05, 3.63) is 69.9 Å². The number of aryl methyl sites for hydroxylation is 3. The minimum atomic E-state index is 0.0120. The normalized spacial score (nSPS) is 19.4. The number of carbonyl (C=O) groups excluding carboxylic acids is 1. The highest BCUT2D eigenvalue weighted by atomic mass is 16.1. The van der Waals surface area contributed by atoms with Crippen LogP contribution in [0.15, 0.2) is 47.7 Å². The Hall–Kier alpha value is -2.88. The SMILES string of the molecule is Cc1ccc2c(c1)NC(=C1C(=N)N(c3cc(C)ccc3C)CC1=O)C2. The zero-order chi connectivity index (χ0) is 17.7. The summed E-state index contributed by atoms with van der Waals surface area (Å²) in [6.07, 6.45) is 0.680. The minimum Gasteiger partial charge on any atom is -0.358 e. The van der Waals surface area contributed by atoms with E-state index < -0.39 is 0 Å². The van der Waals surface area contributed by atoms with E-state index in [0.717, 1.165) is 28.2 Å². The fraction of sp³-hybridized carbons (Fsp3) is 0.238. The molecule has 0 amide bonds. The van der Waals surface area contributed by atoms with E-state index in [4.69, 9.17) is 5.41 Å². The second-order valence-electron chi connectivity index (χ2n) is 6.96. The van der Waals surface area contributed by atoms with Crippen LogP contribution in [0.4, 0.5) is 11.4 Å². The molecule has 4 rings (SSSR count). The molecule has 4 heteroatoms. The summed E-state index contributed by atoms with van der Waals surface area (Å²) in [6, 6.07) is 12.4. The molecular formula is C21H21N3O. The third-order valence-corrected chi connectivity index (χ3v) is 4.96. The van der Waals surface area contributed by atoms with Crippen LogP contribution in [0, 0.1) is 26.2 Å². The van der Waals surface area contributed by atoms with Crippen LogP contribution in [0.3, 0.4) is 0 Å². The third kappa shape index (κ3) is 2.54. The summed E-state index contributed by atoms with van der Waals surface area (Å²) in [5.41, 5.74) is 7.93. The average Bonchev–Trinajstić information content (AvgIpc) is 3.09. The maximum Gasteiger partial charge on any atom is 0.188 e. The molecule has 126 valence electrons. The van der Waals surface area contributed by atoms with Crippen molar-refractivity contribution in [3.8, 4) is 0 Å². The summed E-state index contributed by atoms with van der Waals surface area (Å²) >= 11 is 0. The Kier molecular flexibility index (Phi) is 3.49. The van der Waals surface area contributed by atoms with Crippen LogP contribution in [-0.2, 0) is 11.2 Å². The van der Waals surface area contributed by atoms with Crippen molar-refractivity contribution < 1.29 is 4.79 Å². The Balaban J connectivity index is 1.72. The van der Waals surface area contributed by atoms with Gasteiger partial charge in [-0.05, 0) is 55.2 Å². The van der Waals surface area contributed by atoms with Gasteiger partial charge in [0.25, 0.3) is 0 Å². The van der Waals surface area contributed by atoms with Crippen LogP contribution >= 0.6 is 0 Å². The number of ketones is 1. The van der Waals surface area contributed by atoms with Gasteiger partial charge in [-0.2, -0.15) is 0 Å². The number of fused-ring (bicyclic) bond motifs is 1. The predicted molar refractivity (Wildman–Crippen MR) is 102 cm³/mol. The van der Waals surface area contributed by atoms with E-state index in [1.807, 2.05) is 30.9 Å². The number of amidine groups is 1. The van der Waals surface area contributed by atoms with Gasteiger partial charge < -0.3 is 10.2 Å². The van der Waals surface area contributed by atoms with Gasteiger partial charge >= 0.3 is 0 Å². The zero-order valence-electron chi connectivity index (χ0n) is 14.7. The summed E-state index contributed by atoms with van der Waals surface area (Å²) in [4.78, 5) is 14.5. The maximum atomic E-state index is 12.7. The predicted octanol–water partition coefficient (Wildman–Crippen LogP) is 3.90. The number of hydrogen-bond acceptors (Lipinski definition) is 3. The lowest BCUT2D eigenvalue weighted by atomic mass is 10.1. The summed E-state index contributed by atoms with van der Waals surface area (Å²) in [5, 5.41) is 12.0. The highest BCUT2D eigenvalue weighted by molar-refractivity contribution is 6.33. The fourth-order valence-corrected chi connectivity index (χ4v) is 3.60. The Morgan fingerprint density at radius 3 is 2.56 bits per heavy atom. The highest BCUT2D eigenvalue weighted by Gasteiger charge is 2.36. The highest BCUT2D eigenvalue weighted by Crippen LogP contribution is 2.34. The van der Waals surface area contributed by atoms with Crippen LogP contribution < -0.4 is 10.2 Å². The summed E-state index contributed by atoms with van der Waals surface area (Å²) in [7, 11) is 0. The lowest BCUT2D eigenvalue weighted by Crippen LogP contribution is -2.25. The van der Waals surface area contributed by atoms with Crippen molar-refractivity contribution in [1.29, 1.82) is 5.41 Å². The first-order chi connectivity index (χ1) is 11.9. The number of nitrogens with one attached hydrogen (secondary N) is 2. The number of rotatable bonds is 1. The molecule has 0 spiro atoms. The van der Waals surface area contributed by atoms with E-state index in [2.05, 4.69) is 36.5 Å². The van der Waals surface area contributed by atoms with E-state index >= 15 is 0 Å². The summed E-state index contributed by atoms with van der Waals surface area (Å²) in [6.45, 7) is 6.34. The zero-order valence-corrected chi connectivity index (χ0v) is 14.7. The number of allylic oxidation sites excluding steroid dienone is 1. The molecule has 2 aliphatic heterocycles. The Labute approximate surface area is 147 Å². The van der Waals surface area contributed by atoms with Crippen LogP contribution in [-0.4, -0.2) is 18.2 Å². The van der Waals surface area contributed by atoms with E-state index in [9.17, 15) is 4.79 Å². The van der Waals surface area contributed by atoms with Gasteiger partial charge in [-0.1, -0.05) is 24.3 Å². The van der Waals surface area contributed by atoms with E-state index in [0.29, 0.717) is 17.8 Å². The quantitative estimate of drug-likeness (QED) is 0.779. The first-order valence-corrected chi connectivity index (χ1v) is 8.50. The molecule has 4 nitrogen and oxygen atoms in total. The molecule has 0 aromatic heterocycles. The van der Waals surface area contributed by atoms with Crippen LogP contribution in [0.1, 0.15) is 22.3 Å². The molecule has 0 radical (unpaired) electrons. The standard InChI is InChI=1S/C21H21N3O/c1-12-5-7-15-10-17(23-16(15)8-12)20-19(25)11-24(21(20)22)18-9-13(2)4-6-14(18)3/h4-9,22-23H,10-11H2,1-3H3. The second-order valence-corrected chi connectivity index (χ2v) is 6.96. The van der Waals surface area contributed by atoms with Gasteiger partial charge in [0.05, 0.1) is 12.1 Å². The summed E-state index contributed by atoms with van der Waals surface area (Å²) < 4.78 is 0. The Bertz CT molecular complexity index is 956. The fourth-order valence-electron chi connectivity index (χ4n) is 3.60. The number of Topliss-reactive ketones (excluding diaryl/α,β-unsaturated/α-hetero) is 1. The molecule has 2 aliphatic rings. The van der Waals surface area contributed by atoms with Crippen molar-refractivity contribution >= 4 is 23.0 Å². The Morgan fingerprint density at radius 2 is 1.76 bits per heavy atom. The number of benzene rings is 2. The molecule has 0 saturated carbocycles. The number of hydrogen-bond donors (Lipinski definition) is 2. The number of anilines is 2. The van der Waals surface area contributed by atoms with Gasteiger partial charge in [0.1, 0.15) is 5.84 Å². The molecule has 25 heavy (non-hydrogen) atoms. The number of carbonyl (C=O) groups is 1. The second kappa shape index (κ2) is 5.59. The first kappa shape index (κ1) is 15.6. The van der Waals surface area contributed by atoms with Gasteiger partial charge in [-0.25, -0.2) is 0 Å². The molecule has 0 unspecified atom stereocenters. The van der Waals surface area contributed by atoms with Crippen LogP contribution in [0.2, 0.25) is 0 Å². The smallest absolute Gasteiger partial charge is 0.188 e. The molecule has 2 N–H and O–H groups in total. The summed E-state index contributed by atoms with van der Waals surface area (Å²) in [5.74, 6) is 0.309. The molecule has 2 heterocycles. The molecule has 0 aliphatic carbocycles. The van der Waals surface area contributed by atoms with E-state index in [1.165, 1.54) is 11.1 Å². The molecule has 1 fully saturated rings. The van der Waals surface area contributed by atoms with Crippen molar-refractivity contribution in [1.82, 2.24) is 0 Å². The lowest BCUT2D eigenvalue weighted by Gasteiger charge is -2.20. The van der Waals surface area contributed by atoms with Crippen LogP contribution in [0.25, 0.3) is 0 Å². The van der Waals surface area contributed by atoms with Crippen molar-refractivity contribution in [3.63, 3.8) is 0 Å². The molecule has 1 saturated heterocycles. The third-order valence-electron chi connectivity index (χ3n) is 4.96. The molecule has 0 atom stereocenters. The maximum absolute atomic E-state index is 12.7. The molecule has 2 aromatic carbocycles. The lowest BCUT2D eigenvalue weighted by molar-refractivity contribution is -0.113. The van der Waals surface area contributed by atoms with Gasteiger partial charge in [0.2, 0.25) is 0 Å². The molecule has 2 aromatic rings. The van der Waals surface area contributed by atoms with Gasteiger partial charge in [-0.3, -0.25) is 10.2 Å². The monoisotopic (exact) mass is 331 g/mol. The molecule has 0 bridgehead atoms. The van der Waals surface area contributed by atoms with Gasteiger partial charge in [0.15, 0.2) is 5.78 Å². The topological polar surface area (TPSA) is 56.2 Å². The van der Waals surface area contributed by atoms with Crippen molar-refractivity contribution in [2.45, 2.75) is 27.2 Å². The Morgan fingerprint density at radius 1 is 1.04 bits per heavy atom. The average molecular weight is 331 g/mol. The molecular weight excluding hydrogens is 310 g/mol. The van der Waals surface area contributed by atoms with Crippen LogP contribution in [0.5, 0.6) is 0 Å². The first-order valence-electron chi connectivity index (χ1n) is 8.50. The van der Waals surface area contributed by atoms with E-state index in [1.54, 1.807) is 0 Å². The van der Waals surface area contributed by atoms with E-state index in [-0.39, 0.29) is 12.3 Å². The minimum absolute atomic E-state index is 0.0120. The largest absolute Gasteiger partial charge is 0.358 e.